The number of hydrogen-bond donors (Lipinski definition) is 2. The molecule has 70 valence electrons. The lowest BCUT2D eigenvalue weighted by molar-refractivity contribution is -0.122. The van der Waals surface area contributed by atoms with Gasteiger partial charge in [-0.15, -0.1) is 0 Å². The van der Waals surface area contributed by atoms with E-state index in [1.807, 2.05) is 0 Å². The summed E-state index contributed by atoms with van der Waals surface area (Å²) in [5.74, 6) is 0.398. The highest BCUT2D eigenvalue weighted by atomic mass is 16.5. The van der Waals surface area contributed by atoms with Gasteiger partial charge in [-0.1, -0.05) is 0 Å². The average molecular weight is 172 g/mol. The van der Waals surface area contributed by atoms with Crippen LogP contribution in [-0.2, 0) is 9.53 Å². The number of carbonyl (C=O) groups excluding carboxylic acids is 1. The van der Waals surface area contributed by atoms with Gasteiger partial charge in [0.05, 0.1) is 12.6 Å². The molecule has 2 atom stereocenters. The quantitative estimate of drug-likeness (QED) is 0.602. The van der Waals surface area contributed by atoms with Crippen LogP contribution in [0.3, 0.4) is 0 Å². The smallest absolute Gasteiger partial charge is 0.236 e. The van der Waals surface area contributed by atoms with Crippen molar-refractivity contribution in [1.82, 2.24) is 5.32 Å². The Balaban J connectivity index is 2.12. The highest BCUT2D eigenvalue weighted by Crippen LogP contribution is 2.10. The third kappa shape index (κ3) is 2.79. The summed E-state index contributed by atoms with van der Waals surface area (Å²) in [6.45, 7) is 3.96. The van der Waals surface area contributed by atoms with Gasteiger partial charge in [0.25, 0.3) is 0 Å². The van der Waals surface area contributed by atoms with Gasteiger partial charge in [0.2, 0.25) is 5.91 Å². The van der Waals surface area contributed by atoms with Crippen molar-refractivity contribution in [3.8, 4) is 0 Å². The summed E-state index contributed by atoms with van der Waals surface area (Å²) in [4.78, 5) is 11.0. The van der Waals surface area contributed by atoms with Crippen molar-refractivity contribution < 1.29 is 9.53 Å². The topological polar surface area (TPSA) is 64.4 Å². The largest absolute Gasteiger partial charge is 0.381 e. The molecular weight excluding hydrogens is 156 g/mol. The van der Waals surface area contributed by atoms with Crippen LogP contribution in [0, 0.1) is 5.92 Å². The van der Waals surface area contributed by atoms with Crippen molar-refractivity contribution in [3.05, 3.63) is 0 Å². The minimum Gasteiger partial charge on any atom is -0.381 e. The van der Waals surface area contributed by atoms with Crippen LogP contribution in [0.15, 0.2) is 0 Å². The molecule has 12 heavy (non-hydrogen) atoms. The third-order valence-corrected chi connectivity index (χ3v) is 2.00. The van der Waals surface area contributed by atoms with Gasteiger partial charge in [-0.3, -0.25) is 4.79 Å². The molecule has 4 heteroatoms. The first-order valence-electron chi connectivity index (χ1n) is 4.31. The van der Waals surface area contributed by atoms with Crippen LogP contribution in [0.2, 0.25) is 0 Å². The molecule has 3 N–H and O–H groups in total. The number of nitrogens with one attached hydrogen (secondary N) is 1. The summed E-state index contributed by atoms with van der Waals surface area (Å²) >= 11 is 0. The van der Waals surface area contributed by atoms with Crippen molar-refractivity contribution in [2.24, 2.45) is 11.7 Å². The van der Waals surface area contributed by atoms with E-state index in [4.69, 9.17) is 10.5 Å². The predicted molar refractivity (Wildman–Crippen MR) is 45.6 cm³/mol. The summed E-state index contributed by atoms with van der Waals surface area (Å²) < 4.78 is 5.17. The second kappa shape index (κ2) is 4.42. The molecular formula is C8H16N2O2. The summed E-state index contributed by atoms with van der Waals surface area (Å²) in [5.41, 5.74) is 5.38. The van der Waals surface area contributed by atoms with Crippen LogP contribution in [0.1, 0.15) is 13.3 Å². The van der Waals surface area contributed by atoms with E-state index in [0.29, 0.717) is 12.5 Å². The molecule has 1 aliphatic rings. The number of rotatable bonds is 3. The molecule has 1 amide bonds. The number of ether oxygens (including phenoxy) is 1. The first kappa shape index (κ1) is 9.48. The highest BCUT2D eigenvalue weighted by Gasteiger charge is 2.16. The first-order chi connectivity index (χ1) is 5.70. The van der Waals surface area contributed by atoms with Crippen molar-refractivity contribution >= 4 is 5.91 Å². The van der Waals surface area contributed by atoms with Gasteiger partial charge in [0.1, 0.15) is 0 Å². The molecule has 0 aromatic carbocycles. The third-order valence-electron chi connectivity index (χ3n) is 2.00. The van der Waals surface area contributed by atoms with Crippen molar-refractivity contribution in [2.75, 3.05) is 19.8 Å². The monoisotopic (exact) mass is 172 g/mol. The Bertz CT molecular complexity index is 153. The maximum absolute atomic E-state index is 11.0. The molecule has 0 aliphatic carbocycles. The molecule has 1 saturated heterocycles. The molecule has 4 nitrogen and oxygen atoms in total. The Labute approximate surface area is 72.5 Å². The SMILES string of the molecule is C[C@@H](N)C(=O)NCC1CCOC1. The zero-order chi connectivity index (χ0) is 8.97. The average Bonchev–Trinajstić information content (AvgIpc) is 2.51. The van der Waals surface area contributed by atoms with Crippen molar-refractivity contribution in [1.29, 1.82) is 0 Å². The fourth-order valence-electron chi connectivity index (χ4n) is 1.15. The maximum Gasteiger partial charge on any atom is 0.236 e. The zero-order valence-corrected chi connectivity index (χ0v) is 7.38. The van der Waals surface area contributed by atoms with E-state index in [1.165, 1.54) is 0 Å². The standard InChI is InChI=1S/C8H16N2O2/c1-6(9)8(11)10-4-7-2-3-12-5-7/h6-7H,2-5,9H2,1H3,(H,10,11)/t6-,7?/m1/s1. The molecule has 0 radical (unpaired) electrons. The van der Waals surface area contributed by atoms with E-state index in [0.717, 1.165) is 19.6 Å². The van der Waals surface area contributed by atoms with Crippen molar-refractivity contribution in [3.63, 3.8) is 0 Å². The number of carbonyl (C=O) groups is 1. The van der Waals surface area contributed by atoms with Crippen LogP contribution in [0.5, 0.6) is 0 Å². The van der Waals surface area contributed by atoms with Gasteiger partial charge < -0.3 is 15.8 Å². The zero-order valence-electron chi connectivity index (χ0n) is 7.38. The molecule has 0 aromatic rings. The molecule has 1 aliphatic heterocycles. The summed E-state index contributed by atoms with van der Waals surface area (Å²) in [7, 11) is 0. The molecule has 1 fully saturated rings. The van der Waals surface area contributed by atoms with E-state index in [-0.39, 0.29) is 5.91 Å². The Kier molecular flexibility index (Phi) is 3.49. The maximum atomic E-state index is 11.0. The predicted octanol–water partition coefficient (Wildman–Crippen LogP) is -0.514. The Morgan fingerprint density at radius 2 is 2.58 bits per heavy atom. The van der Waals surface area contributed by atoms with Crippen LogP contribution in [-0.4, -0.2) is 31.7 Å². The van der Waals surface area contributed by atoms with Gasteiger partial charge in [0.15, 0.2) is 0 Å². The molecule has 0 saturated carbocycles. The second-order valence-electron chi connectivity index (χ2n) is 3.26. The lowest BCUT2D eigenvalue weighted by atomic mass is 10.1. The van der Waals surface area contributed by atoms with Gasteiger partial charge >= 0.3 is 0 Å². The minimum absolute atomic E-state index is 0.0816. The van der Waals surface area contributed by atoms with Gasteiger partial charge in [-0.05, 0) is 13.3 Å². The summed E-state index contributed by atoms with van der Waals surface area (Å²) in [6.07, 6.45) is 1.04. The molecule has 1 heterocycles. The van der Waals surface area contributed by atoms with E-state index in [9.17, 15) is 4.79 Å². The van der Waals surface area contributed by atoms with Crippen molar-refractivity contribution in [2.45, 2.75) is 19.4 Å². The number of hydrogen-bond acceptors (Lipinski definition) is 3. The number of amides is 1. The van der Waals surface area contributed by atoms with E-state index < -0.39 is 6.04 Å². The summed E-state index contributed by atoms with van der Waals surface area (Å²) in [5, 5.41) is 2.78. The van der Waals surface area contributed by atoms with Gasteiger partial charge in [-0.25, -0.2) is 0 Å². The van der Waals surface area contributed by atoms with Crippen LogP contribution in [0.4, 0.5) is 0 Å². The van der Waals surface area contributed by atoms with Crippen LogP contribution >= 0.6 is 0 Å². The normalized spacial score (nSPS) is 25.3. The van der Waals surface area contributed by atoms with E-state index in [1.54, 1.807) is 6.92 Å². The van der Waals surface area contributed by atoms with Crippen LogP contribution < -0.4 is 11.1 Å². The minimum atomic E-state index is -0.410. The Morgan fingerprint density at radius 1 is 1.83 bits per heavy atom. The molecule has 1 rings (SSSR count). The van der Waals surface area contributed by atoms with Crippen LogP contribution in [0.25, 0.3) is 0 Å². The van der Waals surface area contributed by atoms with E-state index in [2.05, 4.69) is 5.32 Å². The lowest BCUT2D eigenvalue weighted by Gasteiger charge is -2.10. The highest BCUT2D eigenvalue weighted by molar-refractivity contribution is 5.80. The first-order valence-corrected chi connectivity index (χ1v) is 4.31. The lowest BCUT2D eigenvalue weighted by Crippen LogP contribution is -2.40. The Morgan fingerprint density at radius 3 is 3.08 bits per heavy atom. The van der Waals surface area contributed by atoms with Gasteiger partial charge in [-0.2, -0.15) is 0 Å². The number of nitrogens with two attached hydrogens (primary N) is 1. The molecule has 1 unspecified atom stereocenters. The second-order valence-corrected chi connectivity index (χ2v) is 3.26. The summed E-state index contributed by atoms with van der Waals surface area (Å²) in [6, 6.07) is -0.410. The Hall–Kier alpha value is -0.610. The van der Waals surface area contributed by atoms with Gasteiger partial charge in [0, 0.05) is 19.1 Å². The fourth-order valence-corrected chi connectivity index (χ4v) is 1.15. The molecule has 0 aromatic heterocycles. The van der Waals surface area contributed by atoms with E-state index >= 15 is 0 Å². The fraction of sp³-hybridized carbons (Fsp3) is 0.875. The molecule has 0 bridgehead atoms. The molecule has 0 spiro atoms.